The van der Waals surface area contributed by atoms with E-state index in [1.807, 2.05) is 30.3 Å². The van der Waals surface area contributed by atoms with Gasteiger partial charge in [-0.15, -0.1) is 0 Å². The van der Waals surface area contributed by atoms with Crippen LogP contribution in [0.3, 0.4) is 0 Å². The van der Waals surface area contributed by atoms with Crippen molar-refractivity contribution in [3.8, 4) is 0 Å². The first kappa shape index (κ1) is 20.6. The zero-order valence-corrected chi connectivity index (χ0v) is 17.9. The van der Waals surface area contributed by atoms with Gasteiger partial charge in [0.2, 0.25) is 10.0 Å². The third kappa shape index (κ3) is 4.13. The van der Waals surface area contributed by atoms with E-state index in [-0.39, 0.29) is 16.6 Å². The minimum absolute atomic E-state index is 0.227. The van der Waals surface area contributed by atoms with Crippen LogP contribution >= 0.6 is 0 Å². The van der Waals surface area contributed by atoms with Crippen molar-refractivity contribution in [2.75, 3.05) is 19.6 Å². The normalized spacial score (nSPS) is 15.4. The van der Waals surface area contributed by atoms with Crippen molar-refractivity contribution >= 4 is 26.9 Å². The second kappa shape index (κ2) is 8.62. The van der Waals surface area contributed by atoms with Gasteiger partial charge in [-0.2, -0.15) is 4.31 Å². The molecule has 1 N–H and O–H groups in total. The Balaban J connectivity index is 1.53. The number of benzene rings is 2. The first-order chi connectivity index (χ1) is 14.5. The summed E-state index contributed by atoms with van der Waals surface area (Å²) in [7, 11) is -3.53. The van der Waals surface area contributed by atoms with Gasteiger partial charge in [0.15, 0.2) is 5.76 Å². The fourth-order valence-corrected chi connectivity index (χ4v) is 5.42. The molecule has 2 heterocycles. The highest BCUT2D eigenvalue weighted by Crippen LogP contribution is 2.29. The van der Waals surface area contributed by atoms with Crippen LogP contribution in [0.5, 0.6) is 0 Å². The Labute approximate surface area is 176 Å². The zero-order valence-electron chi connectivity index (χ0n) is 17.1. The summed E-state index contributed by atoms with van der Waals surface area (Å²) in [4.78, 5) is 12.9. The molecule has 0 bridgehead atoms. The number of hydrogen-bond acceptors (Lipinski definition) is 4. The number of amides is 1. The molecule has 0 unspecified atom stereocenters. The van der Waals surface area contributed by atoms with Crippen LogP contribution in [-0.4, -0.2) is 38.3 Å². The Morgan fingerprint density at radius 2 is 1.80 bits per heavy atom. The van der Waals surface area contributed by atoms with Crippen LogP contribution in [-0.2, 0) is 16.4 Å². The minimum atomic E-state index is -3.53. The molecule has 1 amide bonds. The maximum atomic E-state index is 13.0. The lowest BCUT2D eigenvalue weighted by Gasteiger charge is -2.25. The van der Waals surface area contributed by atoms with Crippen LogP contribution in [0, 0.1) is 6.92 Å². The van der Waals surface area contributed by atoms with Crippen LogP contribution < -0.4 is 5.32 Å². The van der Waals surface area contributed by atoms with Gasteiger partial charge in [-0.25, -0.2) is 8.42 Å². The van der Waals surface area contributed by atoms with E-state index in [0.29, 0.717) is 36.2 Å². The van der Waals surface area contributed by atoms with E-state index in [9.17, 15) is 13.2 Å². The van der Waals surface area contributed by atoms with E-state index in [1.165, 1.54) is 0 Å². The monoisotopic (exact) mass is 426 g/mol. The summed E-state index contributed by atoms with van der Waals surface area (Å²) in [5, 5.41) is 3.54. The molecular formula is C23H26N2O4S. The number of nitrogens with zero attached hydrogens (tertiary/aromatic N) is 1. The molecule has 1 fully saturated rings. The van der Waals surface area contributed by atoms with Crippen molar-refractivity contribution in [3.05, 3.63) is 65.4 Å². The molecule has 7 heteroatoms. The second-order valence-corrected chi connectivity index (χ2v) is 9.61. The number of carbonyl (C=O) groups excluding carboxylic acids is 1. The van der Waals surface area contributed by atoms with Gasteiger partial charge in [0.05, 0.1) is 4.90 Å². The van der Waals surface area contributed by atoms with Gasteiger partial charge in [0.25, 0.3) is 5.91 Å². The van der Waals surface area contributed by atoms with Gasteiger partial charge in [0.1, 0.15) is 5.58 Å². The molecule has 0 spiro atoms. The smallest absolute Gasteiger partial charge is 0.287 e. The van der Waals surface area contributed by atoms with Crippen LogP contribution in [0.2, 0.25) is 0 Å². The van der Waals surface area contributed by atoms with E-state index in [1.54, 1.807) is 29.4 Å². The molecule has 0 radical (unpaired) electrons. The molecule has 2 aromatic carbocycles. The number of hydrogen-bond donors (Lipinski definition) is 1. The molecule has 158 valence electrons. The molecule has 1 aliphatic rings. The highest BCUT2D eigenvalue weighted by Gasteiger charge is 2.27. The Hall–Kier alpha value is -2.64. The molecule has 0 aliphatic carbocycles. The first-order valence-corrected chi connectivity index (χ1v) is 11.8. The zero-order chi connectivity index (χ0) is 21.1. The van der Waals surface area contributed by atoms with E-state index >= 15 is 0 Å². The summed E-state index contributed by atoms with van der Waals surface area (Å²) in [5.41, 5.74) is 2.31. The molecule has 30 heavy (non-hydrogen) atoms. The molecular weight excluding hydrogens is 400 g/mol. The topological polar surface area (TPSA) is 79.6 Å². The predicted octanol–water partition coefficient (Wildman–Crippen LogP) is 3.89. The maximum absolute atomic E-state index is 13.0. The van der Waals surface area contributed by atoms with Gasteiger partial charge >= 0.3 is 0 Å². The number of fused-ring (bicyclic) bond motifs is 1. The SMILES string of the molecule is Cc1c(C(=O)NCCc2ccccc2)oc2ccc(S(=O)(=O)N3CCCCC3)cc12. The number of aryl methyl sites for hydroxylation is 1. The highest BCUT2D eigenvalue weighted by atomic mass is 32.2. The predicted molar refractivity (Wildman–Crippen MR) is 116 cm³/mol. The van der Waals surface area contributed by atoms with Gasteiger partial charge in [-0.05, 0) is 49.9 Å². The second-order valence-electron chi connectivity index (χ2n) is 7.67. The first-order valence-electron chi connectivity index (χ1n) is 10.3. The molecule has 1 saturated heterocycles. The fourth-order valence-electron chi connectivity index (χ4n) is 3.88. The Bertz CT molecular complexity index is 1150. The van der Waals surface area contributed by atoms with Crippen molar-refractivity contribution in [2.45, 2.75) is 37.5 Å². The summed E-state index contributed by atoms with van der Waals surface area (Å²) in [6, 6.07) is 14.8. The standard InChI is InChI=1S/C23H26N2O4S/c1-17-20-16-19(30(27,28)25-14-6-3-7-15-25)10-11-21(20)29-22(17)23(26)24-13-12-18-8-4-2-5-9-18/h2,4-5,8-11,16H,3,6-7,12-15H2,1H3,(H,24,26). The summed E-state index contributed by atoms with van der Waals surface area (Å²) in [6.07, 6.45) is 3.57. The summed E-state index contributed by atoms with van der Waals surface area (Å²) in [6.45, 7) is 3.39. The molecule has 4 rings (SSSR count). The molecule has 0 atom stereocenters. The number of sulfonamides is 1. The summed E-state index contributed by atoms with van der Waals surface area (Å²) in [5.74, 6) is -0.0642. The van der Waals surface area contributed by atoms with E-state index in [0.717, 1.165) is 31.2 Å². The van der Waals surface area contributed by atoms with Crippen molar-refractivity contribution in [3.63, 3.8) is 0 Å². The van der Waals surface area contributed by atoms with Gasteiger partial charge in [0, 0.05) is 30.6 Å². The maximum Gasteiger partial charge on any atom is 0.287 e. The van der Waals surface area contributed by atoms with Crippen LogP contribution in [0.15, 0.2) is 57.8 Å². The van der Waals surface area contributed by atoms with Gasteiger partial charge in [-0.1, -0.05) is 36.8 Å². The molecule has 6 nitrogen and oxygen atoms in total. The van der Waals surface area contributed by atoms with Crippen LogP contribution in [0.4, 0.5) is 0 Å². The third-order valence-corrected chi connectivity index (χ3v) is 7.50. The number of piperidine rings is 1. The van der Waals surface area contributed by atoms with E-state index < -0.39 is 10.0 Å². The lowest BCUT2D eigenvalue weighted by atomic mass is 10.1. The summed E-state index contributed by atoms with van der Waals surface area (Å²) >= 11 is 0. The lowest BCUT2D eigenvalue weighted by molar-refractivity contribution is 0.0927. The van der Waals surface area contributed by atoms with Crippen LogP contribution in [0.1, 0.15) is 40.9 Å². The summed E-state index contributed by atoms with van der Waals surface area (Å²) < 4.78 is 33.3. The minimum Gasteiger partial charge on any atom is -0.451 e. The number of carbonyl (C=O) groups is 1. The van der Waals surface area contributed by atoms with Crippen molar-refractivity contribution in [1.82, 2.24) is 9.62 Å². The quantitative estimate of drug-likeness (QED) is 0.649. The van der Waals surface area contributed by atoms with Crippen molar-refractivity contribution in [2.24, 2.45) is 0 Å². The molecule has 1 aliphatic heterocycles. The average Bonchev–Trinajstić information content (AvgIpc) is 3.11. The van der Waals surface area contributed by atoms with Crippen molar-refractivity contribution in [1.29, 1.82) is 0 Å². The largest absolute Gasteiger partial charge is 0.451 e. The Morgan fingerprint density at radius 3 is 2.53 bits per heavy atom. The highest BCUT2D eigenvalue weighted by molar-refractivity contribution is 7.89. The van der Waals surface area contributed by atoms with Gasteiger partial charge in [-0.3, -0.25) is 4.79 Å². The number of nitrogens with one attached hydrogen (secondary N) is 1. The number of furan rings is 1. The number of rotatable bonds is 6. The third-order valence-electron chi connectivity index (χ3n) is 5.61. The van der Waals surface area contributed by atoms with Crippen LogP contribution in [0.25, 0.3) is 11.0 Å². The Morgan fingerprint density at radius 1 is 1.07 bits per heavy atom. The molecule has 1 aromatic heterocycles. The fraction of sp³-hybridized carbons (Fsp3) is 0.348. The van der Waals surface area contributed by atoms with E-state index in [4.69, 9.17) is 4.42 Å². The molecule has 0 saturated carbocycles. The van der Waals surface area contributed by atoms with E-state index in [2.05, 4.69) is 5.32 Å². The lowest BCUT2D eigenvalue weighted by Crippen LogP contribution is -2.35. The Kier molecular flexibility index (Phi) is 5.92. The van der Waals surface area contributed by atoms with Crippen molar-refractivity contribution < 1.29 is 17.6 Å². The molecule has 3 aromatic rings. The average molecular weight is 427 g/mol. The van der Waals surface area contributed by atoms with Gasteiger partial charge < -0.3 is 9.73 Å².